The lowest BCUT2D eigenvalue weighted by atomic mass is 10.0. The molecule has 0 amide bonds. The lowest BCUT2D eigenvalue weighted by Gasteiger charge is -2.07. The lowest BCUT2D eigenvalue weighted by molar-refractivity contribution is 0.0920. The fourth-order valence-corrected chi connectivity index (χ4v) is 2.71. The van der Waals surface area contributed by atoms with Gasteiger partial charge in [-0.2, -0.15) is 0 Å². The second-order valence-electron chi connectivity index (χ2n) is 6.06. The van der Waals surface area contributed by atoms with Gasteiger partial charge in [-0.25, -0.2) is 4.39 Å². The number of aromatic nitrogens is 1. The van der Waals surface area contributed by atoms with Gasteiger partial charge in [-0.15, -0.1) is 0 Å². The van der Waals surface area contributed by atoms with E-state index in [9.17, 15) is 14.0 Å². The molecular weight excluding hydrogens is 333 g/mol. The van der Waals surface area contributed by atoms with Crippen LogP contribution in [0, 0.1) is 19.7 Å². The Morgan fingerprint density at radius 3 is 2.08 bits per heavy atom. The minimum absolute atomic E-state index is 0.0800. The maximum Gasteiger partial charge on any atom is 0.201 e. The number of ether oxygens (including phenoxy) is 1. The molecule has 0 unspecified atom stereocenters. The fourth-order valence-electron chi connectivity index (χ4n) is 2.71. The zero-order chi connectivity index (χ0) is 18.7. The van der Waals surface area contributed by atoms with Crippen molar-refractivity contribution in [3.63, 3.8) is 0 Å². The molecule has 0 saturated heterocycles. The molecule has 1 aromatic heterocycles. The summed E-state index contributed by atoms with van der Waals surface area (Å²) in [6.07, 6.45) is 0. The number of ketones is 2. The van der Waals surface area contributed by atoms with Gasteiger partial charge >= 0.3 is 0 Å². The number of H-pyrrole nitrogens is 1. The van der Waals surface area contributed by atoms with Crippen molar-refractivity contribution >= 4 is 11.6 Å². The predicted octanol–water partition coefficient (Wildman–Crippen LogP) is 4.26. The van der Waals surface area contributed by atoms with Crippen molar-refractivity contribution in [3.05, 3.63) is 88.5 Å². The Bertz CT molecular complexity index is 940. The highest BCUT2D eigenvalue weighted by molar-refractivity contribution is 6.09. The molecular formula is C21H18FNO3. The van der Waals surface area contributed by atoms with Crippen molar-refractivity contribution in [2.45, 2.75) is 13.8 Å². The second-order valence-corrected chi connectivity index (χ2v) is 6.06. The first-order valence-corrected chi connectivity index (χ1v) is 8.16. The number of hydrogen-bond acceptors (Lipinski definition) is 3. The van der Waals surface area contributed by atoms with Gasteiger partial charge in [-0.05, 0) is 68.4 Å². The van der Waals surface area contributed by atoms with E-state index in [1.807, 2.05) is 13.8 Å². The smallest absolute Gasteiger partial charge is 0.201 e. The molecule has 0 spiro atoms. The third-order valence-electron chi connectivity index (χ3n) is 4.04. The normalized spacial score (nSPS) is 10.6. The van der Waals surface area contributed by atoms with E-state index in [2.05, 4.69) is 4.98 Å². The van der Waals surface area contributed by atoms with Crippen LogP contribution in [0.25, 0.3) is 0 Å². The molecule has 4 nitrogen and oxygen atoms in total. The fraction of sp³-hybridized carbons (Fsp3) is 0.143. The number of rotatable bonds is 6. The van der Waals surface area contributed by atoms with E-state index >= 15 is 0 Å². The molecule has 0 aliphatic heterocycles. The van der Waals surface area contributed by atoms with Crippen molar-refractivity contribution < 1.29 is 18.7 Å². The summed E-state index contributed by atoms with van der Waals surface area (Å²) < 4.78 is 18.5. The van der Waals surface area contributed by atoms with Crippen LogP contribution in [0.5, 0.6) is 5.75 Å². The first kappa shape index (κ1) is 17.6. The van der Waals surface area contributed by atoms with Gasteiger partial charge in [0.2, 0.25) is 5.78 Å². The molecule has 3 rings (SSSR count). The van der Waals surface area contributed by atoms with Crippen LogP contribution in [0.15, 0.2) is 54.6 Å². The van der Waals surface area contributed by atoms with Gasteiger partial charge in [0.15, 0.2) is 12.4 Å². The van der Waals surface area contributed by atoms with Crippen molar-refractivity contribution in [2.75, 3.05) is 6.61 Å². The highest BCUT2D eigenvalue weighted by atomic mass is 19.1. The van der Waals surface area contributed by atoms with Crippen LogP contribution < -0.4 is 4.74 Å². The van der Waals surface area contributed by atoms with E-state index in [-0.39, 0.29) is 24.0 Å². The van der Waals surface area contributed by atoms with Crippen LogP contribution in [0.4, 0.5) is 4.39 Å². The molecule has 26 heavy (non-hydrogen) atoms. The summed E-state index contributed by atoms with van der Waals surface area (Å²) in [5.74, 6) is -0.203. The Morgan fingerprint density at radius 2 is 1.54 bits per heavy atom. The summed E-state index contributed by atoms with van der Waals surface area (Å²) in [5.41, 5.74) is 3.23. The molecule has 0 atom stereocenters. The topological polar surface area (TPSA) is 59.2 Å². The van der Waals surface area contributed by atoms with Gasteiger partial charge in [0.25, 0.3) is 0 Å². The van der Waals surface area contributed by atoms with Crippen LogP contribution in [-0.4, -0.2) is 23.2 Å². The van der Waals surface area contributed by atoms with Gasteiger partial charge in [-0.3, -0.25) is 9.59 Å². The van der Waals surface area contributed by atoms with Crippen LogP contribution in [-0.2, 0) is 0 Å². The molecule has 1 N–H and O–H groups in total. The quantitative estimate of drug-likeness (QED) is 0.675. The monoisotopic (exact) mass is 351 g/mol. The minimum atomic E-state index is -0.386. The summed E-state index contributed by atoms with van der Waals surface area (Å²) >= 11 is 0. The van der Waals surface area contributed by atoms with Crippen LogP contribution in [0.2, 0.25) is 0 Å². The molecule has 0 aliphatic carbocycles. The number of benzene rings is 2. The van der Waals surface area contributed by atoms with Crippen molar-refractivity contribution in [3.8, 4) is 5.75 Å². The highest BCUT2D eigenvalue weighted by Gasteiger charge is 2.13. The van der Waals surface area contributed by atoms with Crippen LogP contribution in [0.3, 0.4) is 0 Å². The van der Waals surface area contributed by atoms with E-state index in [1.165, 1.54) is 24.3 Å². The average Bonchev–Trinajstić information content (AvgIpc) is 2.98. The molecule has 1 heterocycles. The van der Waals surface area contributed by atoms with E-state index in [0.29, 0.717) is 22.4 Å². The Labute approximate surface area is 150 Å². The second kappa shape index (κ2) is 7.35. The van der Waals surface area contributed by atoms with E-state index in [4.69, 9.17) is 4.74 Å². The zero-order valence-electron chi connectivity index (χ0n) is 14.5. The molecule has 0 bridgehead atoms. The average molecular weight is 351 g/mol. The van der Waals surface area contributed by atoms with Crippen molar-refractivity contribution in [1.29, 1.82) is 0 Å². The van der Waals surface area contributed by atoms with Crippen LogP contribution >= 0.6 is 0 Å². The number of aromatic amines is 1. The number of hydrogen-bond donors (Lipinski definition) is 1. The molecule has 0 radical (unpaired) electrons. The number of carbonyl (C=O) groups excluding carboxylic acids is 2. The zero-order valence-corrected chi connectivity index (χ0v) is 14.5. The van der Waals surface area contributed by atoms with Crippen molar-refractivity contribution in [2.24, 2.45) is 0 Å². The summed E-state index contributed by atoms with van der Waals surface area (Å²) in [6, 6.07) is 13.7. The van der Waals surface area contributed by atoms with Gasteiger partial charge < -0.3 is 9.72 Å². The largest absolute Gasteiger partial charge is 0.485 e. The van der Waals surface area contributed by atoms with Gasteiger partial charge in [-0.1, -0.05) is 0 Å². The number of nitrogens with one attached hydrogen (secondary N) is 1. The number of Topliss-reactive ketones (excluding diaryl/α,β-unsaturated/α-hetero) is 1. The molecule has 2 aromatic carbocycles. The number of aryl methyl sites for hydroxylation is 2. The first-order chi connectivity index (χ1) is 12.4. The molecule has 0 saturated carbocycles. The summed E-state index contributed by atoms with van der Waals surface area (Å²) in [7, 11) is 0. The third kappa shape index (κ3) is 3.88. The SMILES string of the molecule is Cc1cc(C(=O)COc2ccc(C(=O)c3ccc(F)cc3)cc2)c(C)[nH]1. The summed E-state index contributed by atoms with van der Waals surface area (Å²) in [4.78, 5) is 27.6. The molecule has 3 aromatic rings. The number of halogens is 1. The number of carbonyl (C=O) groups is 2. The Morgan fingerprint density at radius 1 is 0.962 bits per heavy atom. The standard InChI is InChI=1S/C21H18FNO3/c1-13-11-19(14(2)23-13)20(24)12-26-18-9-5-16(6-10-18)21(25)15-3-7-17(22)8-4-15/h3-11,23H,12H2,1-2H3. The Hall–Kier alpha value is -3.21. The highest BCUT2D eigenvalue weighted by Crippen LogP contribution is 2.17. The lowest BCUT2D eigenvalue weighted by Crippen LogP contribution is -2.12. The first-order valence-electron chi connectivity index (χ1n) is 8.16. The minimum Gasteiger partial charge on any atom is -0.485 e. The maximum absolute atomic E-state index is 12.9. The summed E-state index contributed by atoms with van der Waals surface area (Å²) in [6.45, 7) is 3.65. The predicted molar refractivity (Wildman–Crippen MR) is 96.4 cm³/mol. The Kier molecular flexibility index (Phi) is 4.98. The maximum atomic E-state index is 12.9. The van der Waals surface area contributed by atoms with E-state index in [0.717, 1.165) is 11.4 Å². The summed E-state index contributed by atoms with van der Waals surface area (Å²) in [5, 5.41) is 0. The van der Waals surface area contributed by atoms with Gasteiger partial charge in [0, 0.05) is 28.1 Å². The van der Waals surface area contributed by atoms with Crippen LogP contribution in [0.1, 0.15) is 37.7 Å². The third-order valence-corrected chi connectivity index (χ3v) is 4.04. The van der Waals surface area contributed by atoms with E-state index in [1.54, 1.807) is 30.3 Å². The Balaban J connectivity index is 1.64. The molecule has 132 valence electrons. The van der Waals surface area contributed by atoms with E-state index < -0.39 is 0 Å². The van der Waals surface area contributed by atoms with Crippen molar-refractivity contribution in [1.82, 2.24) is 4.98 Å². The molecule has 5 heteroatoms. The van der Waals surface area contributed by atoms with Gasteiger partial charge in [0.1, 0.15) is 11.6 Å². The molecule has 0 aliphatic rings. The molecule has 0 fully saturated rings. The van der Waals surface area contributed by atoms with Gasteiger partial charge in [0.05, 0.1) is 0 Å².